The van der Waals surface area contributed by atoms with Crippen LogP contribution >= 0.6 is 0 Å². The van der Waals surface area contributed by atoms with Gasteiger partial charge in [0.1, 0.15) is 0 Å². The minimum absolute atomic E-state index is 0. The molecule has 0 aromatic rings. The molecule has 0 radical (unpaired) electrons. The molecule has 0 amide bonds. The maximum atomic E-state index is 10.3. The molecule has 0 aliphatic heterocycles. The van der Waals surface area contributed by atoms with E-state index in [9.17, 15) is 29.7 Å². The van der Waals surface area contributed by atoms with Crippen molar-refractivity contribution in [3.63, 3.8) is 0 Å². The molecular weight excluding hydrogens is 499 g/mol. The van der Waals surface area contributed by atoms with Gasteiger partial charge in [-0.25, -0.2) is 0 Å². The standard InChI is InChI=1S/3C8H12O2.In/c3*9-8(10)7-5-3-1-2-4-6-7;/h3*5H,1-4,6H2,(H,9,10);/q;;;+3/p-3. The van der Waals surface area contributed by atoms with Gasteiger partial charge in [0.05, 0.1) is 17.9 Å². The van der Waals surface area contributed by atoms with Crippen LogP contribution in [-0.4, -0.2) is 43.8 Å². The molecule has 0 atom stereocenters. The first kappa shape index (κ1) is 29.5. The van der Waals surface area contributed by atoms with Crippen LogP contribution in [0.5, 0.6) is 0 Å². The molecule has 0 saturated heterocycles. The summed E-state index contributed by atoms with van der Waals surface area (Å²) in [6, 6.07) is 0. The minimum Gasteiger partial charge on any atom is -0.545 e. The zero-order valence-corrected chi connectivity index (χ0v) is 21.7. The summed E-state index contributed by atoms with van der Waals surface area (Å²) >= 11 is 0. The molecule has 0 spiro atoms. The molecule has 0 saturated carbocycles. The number of allylic oxidation sites excluding steroid dienone is 3. The normalized spacial score (nSPS) is 18.8. The number of carboxylic acid groups (broad SMARTS) is 3. The van der Waals surface area contributed by atoms with E-state index in [1.54, 1.807) is 18.2 Å². The van der Waals surface area contributed by atoms with Crippen molar-refractivity contribution < 1.29 is 29.7 Å². The number of carboxylic acids is 3. The molecule has 0 aromatic carbocycles. The molecule has 0 N–H and O–H groups in total. The van der Waals surface area contributed by atoms with Crippen LogP contribution in [0.4, 0.5) is 0 Å². The SMILES string of the molecule is O=C([O-])C1=CCCCCC1.O=C([O-])C1=CCCCCC1.O=C([O-])C1=CCCCCC1.[In+3]. The van der Waals surface area contributed by atoms with E-state index in [4.69, 9.17) is 0 Å². The van der Waals surface area contributed by atoms with E-state index >= 15 is 0 Å². The third-order valence-corrected chi connectivity index (χ3v) is 5.41. The number of carbonyl (C=O) groups excluding carboxylic acids is 3. The van der Waals surface area contributed by atoms with Crippen LogP contribution in [0.15, 0.2) is 34.9 Å². The molecule has 168 valence electrons. The van der Waals surface area contributed by atoms with Gasteiger partial charge in [0.2, 0.25) is 0 Å². The molecule has 3 rings (SSSR count). The summed E-state index contributed by atoms with van der Waals surface area (Å²) in [6.07, 6.45) is 20.0. The predicted octanol–water partition coefficient (Wildman–Crippen LogP) is 1.50. The molecule has 3 aliphatic rings. The number of rotatable bonds is 3. The predicted molar refractivity (Wildman–Crippen MR) is 114 cm³/mol. The van der Waals surface area contributed by atoms with Crippen LogP contribution < -0.4 is 15.3 Å². The Morgan fingerprint density at radius 2 is 0.742 bits per heavy atom. The molecular formula is C24H33InO6. The average Bonchev–Trinajstić information content (AvgIpc) is 3.25. The second-order valence-electron chi connectivity index (χ2n) is 7.85. The molecule has 0 unspecified atom stereocenters. The molecule has 0 aromatic heterocycles. The first-order valence-corrected chi connectivity index (χ1v) is 11.1. The number of carbonyl (C=O) groups is 3. The summed E-state index contributed by atoms with van der Waals surface area (Å²) in [4.78, 5) is 31.0. The first-order valence-electron chi connectivity index (χ1n) is 11.1. The molecule has 3 aliphatic carbocycles. The smallest absolute Gasteiger partial charge is 0.545 e. The van der Waals surface area contributed by atoms with Crippen LogP contribution in [0.3, 0.4) is 0 Å². The Balaban J connectivity index is 0.000000429. The largest absolute Gasteiger partial charge is 3.00 e. The van der Waals surface area contributed by atoms with Gasteiger partial charge in [-0.3, -0.25) is 0 Å². The second-order valence-corrected chi connectivity index (χ2v) is 7.85. The van der Waals surface area contributed by atoms with Crippen LogP contribution in [0, 0.1) is 0 Å². The molecule has 0 fully saturated rings. The van der Waals surface area contributed by atoms with Gasteiger partial charge in [-0.1, -0.05) is 37.5 Å². The number of aliphatic carboxylic acids is 3. The van der Waals surface area contributed by atoms with E-state index in [1.165, 1.54) is 0 Å². The third-order valence-electron chi connectivity index (χ3n) is 5.41. The third kappa shape index (κ3) is 14.2. The average molecular weight is 532 g/mol. The fourth-order valence-electron chi connectivity index (χ4n) is 3.60. The van der Waals surface area contributed by atoms with Crippen molar-refractivity contribution in [2.45, 2.75) is 96.3 Å². The van der Waals surface area contributed by atoms with Gasteiger partial charge in [0.15, 0.2) is 0 Å². The maximum Gasteiger partial charge on any atom is 3.00 e. The van der Waals surface area contributed by atoms with Crippen LogP contribution in [-0.2, 0) is 14.4 Å². The summed E-state index contributed by atoms with van der Waals surface area (Å²) in [6.45, 7) is 0. The zero-order chi connectivity index (χ0) is 22.2. The Morgan fingerprint density at radius 1 is 0.484 bits per heavy atom. The fourth-order valence-corrected chi connectivity index (χ4v) is 3.60. The van der Waals surface area contributed by atoms with E-state index in [1.807, 2.05) is 0 Å². The van der Waals surface area contributed by atoms with E-state index in [-0.39, 0.29) is 25.8 Å². The summed E-state index contributed by atoms with van der Waals surface area (Å²) in [7, 11) is 0. The van der Waals surface area contributed by atoms with Gasteiger partial charge in [0, 0.05) is 0 Å². The maximum absolute atomic E-state index is 10.3. The summed E-state index contributed by atoms with van der Waals surface area (Å²) in [5, 5.41) is 31.0. The Bertz CT molecular complexity index is 573. The molecule has 31 heavy (non-hydrogen) atoms. The quantitative estimate of drug-likeness (QED) is 0.544. The van der Waals surface area contributed by atoms with Crippen molar-refractivity contribution in [2.24, 2.45) is 0 Å². The van der Waals surface area contributed by atoms with Crippen molar-refractivity contribution in [3.05, 3.63) is 34.9 Å². The molecule has 6 nitrogen and oxygen atoms in total. The van der Waals surface area contributed by atoms with Crippen LogP contribution in [0.25, 0.3) is 0 Å². The first-order chi connectivity index (χ1) is 14.4. The van der Waals surface area contributed by atoms with E-state index in [2.05, 4.69) is 0 Å². The van der Waals surface area contributed by atoms with Crippen molar-refractivity contribution in [2.75, 3.05) is 0 Å². The summed E-state index contributed by atoms with van der Waals surface area (Å²) in [5.74, 6) is -2.95. The monoisotopic (exact) mass is 532 g/mol. The van der Waals surface area contributed by atoms with E-state index in [0.717, 1.165) is 77.0 Å². The van der Waals surface area contributed by atoms with Gasteiger partial charge in [-0.05, 0) is 93.8 Å². The summed E-state index contributed by atoms with van der Waals surface area (Å²) < 4.78 is 0. The van der Waals surface area contributed by atoms with E-state index in [0.29, 0.717) is 36.0 Å². The van der Waals surface area contributed by atoms with Crippen LogP contribution in [0.1, 0.15) is 96.3 Å². The number of hydrogen-bond donors (Lipinski definition) is 0. The second kappa shape index (κ2) is 18.1. The van der Waals surface area contributed by atoms with E-state index < -0.39 is 17.9 Å². The minimum atomic E-state index is -0.984. The Morgan fingerprint density at radius 3 is 0.968 bits per heavy atom. The number of hydrogen-bond acceptors (Lipinski definition) is 6. The van der Waals surface area contributed by atoms with Crippen molar-refractivity contribution in [1.82, 2.24) is 0 Å². The van der Waals surface area contributed by atoms with Gasteiger partial charge in [-0.15, -0.1) is 0 Å². The topological polar surface area (TPSA) is 120 Å². The molecule has 0 heterocycles. The fraction of sp³-hybridized carbons (Fsp3) is 0.625. The van der Waals surface area contributed by atoms with Crippen LogP contribution in [0.2, 0.25) is 0 Å². The van der Waals surface area contributed by atoms with Crippen molar-refractivity contribution >= 4 is 43.8 Å². The van der Waals surface area contributed by atoms with Crippen molar-refractivity contribution in [3.8, 4) is 0 Å². The Kier molecular flexibility index (Phi) is 17.2. The van der Waals surface area contributed by atoms with Gasteiger partial charge >= 0.3 is 25.8 Å². The zero-order valence-electron chi connectivity index (χ0n) is 18.4. The molecule has 0 bridgehead atoms. The van der Waals surface area contributed by atoms with Gasteiger partial charge in [-0.2, -0.15) is 0 Å². The Labute approximate surface area is 204 Å². The Hall–Kier alpha value is -1.50. The van der Waals surface area contributed by atoms with Crippen molar-refractivity contribution in [1.29, 1.82) is 0 Å². The summed E-state index contributed by atoms with van der Waals surface area (Å²) in [5.41, 5.74) is 1.49. The molecule has 7 heteroatoms. The van der Waals surface area contributed by atoms with Gasteiger partial charge < -0.3 is 29.7 Å². The van der Waals surface area contributed by atoms with Gasteiger partial charge in [0.25, 0.3) is 0 Å².